The maximum absolute atomic E-state index is 12.3. The number of nitrogens with zero attached hydrogens (tertiary/aromatic N) is 2. The van der Waals surface area contributed by atoms with Crippen molar-refractivity contribution in [3.63, 3.8) is 0 Å². The number of hydrogen-bond donors (Lipinski definition) is 2. The van der Waals surface area contributed by atoms with Crippen LogP contribution in [0.3, 0.4) is 0 Å². The van der Waals surface area contributed by atoms with Gasteiger partial charge in [0.25, 0.3) is 6.43 Å². The SMILES string of the molecule is N#CCc1nc(C(F)F)cc(N)c1N. The molecule has 0 aliphatic heterocycles. The Bertz CT molecular complexity index is 384. The summed E-state index contributed by atoms with van der Waals surface area (Å²) < 4.78 is 24.5. The summed E-state index contributed by atoms with van der Waals surface area (Å²) in [6.45, 7) is 0. The Kier molecular flexibility index (Phi) is 2.82. The molecule has 0 aliphatic carbocycles. The fraction of sp³-hybridized carbons (Fsp3) is 0.250. The van der Waals surface area contributed by atoms with Crippen molar-refractivity contribution in [1.82, 2.24) is 4.98 Å². The number of rotatable bonds is 2. The van der Waals surface area contributed by atoms with E-state index in [1.165, 1.54) is 0 Å². The number of nitrogen functional groups attached to an aromatic ring is 2. The van der Waals surface area contributed by atoms with Crippen molar-refractivity contribution in [2.45, 2.75) is 12.8 Å². The van der Waals surface area contributed by atoms with E-state index >= 15 is 0 Å². The smallest absolute Gasteiger partial charge is 0.280 e. The van der Waals surface area contributed by atoms with Crippen molar-refractivity contribution in [2.24, 2.45) is 0 Å². The quantitative estimate of drug-likeness (QED) is 0.748. The summed E-state index contributed by atoms with van der Waals surface area (Å²) in [5.74, 6) is 0. The molecule has 4 nitrogen and oxygen atoms in total. The van der Waals surface area contributed by atoms with Crippen LogP contribution in [0.25, 0.3) is 0 Å². The van der Waals surface area contributed by atoms with Gasteiger partial charge in [0, 0.05) is 0 Å². The molecular formula is C8H8F2N4. The van der Waals surface area contributed by atoms with E-state index in [-0.39, 0.29) is 23.5 Å². The third kappa shape index (κ3) is 1.88. The summed E-state index contributed by atoms with van der Waals surface area (Å²) in [7, 11) is 0. The normalized spacial score (nSPS) is 10.1. The predicted molar refractivity (Wildman–Crippen MR) is 47.3 cm³/mol. The molecule has 14 heavy (non-hydrogen) atoms. The first-order chi connectivity index (χ1) is 6.56. The molecule has 1 rings (SSSR count). The average molecular weight is 198 g/mol. The zero-order valence-electron chi connectivity index (χ0n) is 7.17. The monoisotopic (exact) mass is 198 g/mol. The summed E-state index contributed by atoms with van der Waals surface area (Å²) in [6.07, 6.45) is -2.84. The summed E-state index contributed by atoms with van der Waals surface area (Å²) in [5, 5.41) is 8.39. The highest BCUT2D eigenvalue weighted by Crippen LogP contribution is 2.25. The number of nitrogens with two attached hydrogens (primary N) is 2. The minimum atomic E-state index is -2.71. The first-order valence-corrected chi connectivity index (χ1v) is 3.76. The third-order valence-corrected chi connectivity index (χ3v) is 1.66. The average Bonchev–Trinajstić information content (AvgIpc) is 2.12. The van der Waals surface area contributed by atoms with Gasteiger partial charge in [0.1, 0.15) is 5.69 Å². The molecule has 0 spiro atoms. The summed E-state index contributed by atoms with van der Waals surface area (Å²) in [6, 6.07) is 2.79. The van der Waals surface area contributed by atoms with Crippen molar-refractivity contribution in [3.05, 3.63) is 17.5 Å². The molecule has 4 N–H and O–H groups in total. The fourth-order valence-electron chi connectivity index (χ4n) is 0.973. The van der Waals surface area contributed by atoms with Gasteiger partial charge in [0.15, 0.2) is 0 Å². The van der Waals surface area contributed by atoms with Gasteiger partial charge in [-0.05, 0) is 6.07 Å². The van der Waals surface area contributed by atoms with Crippen LogP contribution in [-0.4, -0.2) is 4.98 Å². The number of pyridine rings is 1. The van der Waals surface area contributed by atoms with Gasteiger partial charge in [-0.15, -0.1) is 0 Å². The first-order valence-electron chi connectivity index (χ1n) is 3.76. The molecule has 1 aromatic rings. The Labute approximate surface area is 79.1 Å². The number of anilines is 2. The van der Waals surface area contributed by atoms with Crippen molar-refractivity contribution in [2.75, 3.05) is 11.5 Å². The zero-order chi connectivity index (χ0) is 10.7. The lowest BCUT2D eigenvalue weighted by molar-refractivity contribution is 0.146. The lowest BCUT2D eigenvalue weighted by atomic mass is 10.2. The number of alkyl halides is 2. The van der Waals surface area contributed by atoms with Crippen LogP contribution in [0.15, 0.2) is 6.07 Å². The molecule has 1 aromatic heterocycles. The van der Waals surface area contributed by atoms with Gasteiger partial charge in [-0.25, -0.2) is 13.8 Å². The lowest BCUT2D eigenvalue weighted by Crippen LogP contribution is -2.05. The van der Waals surface area contributed by atoms with Crippen LogP contribution in [0, 0.1) is 11.3 Å². The molecule has 0 amide bonds. The molecule has 1 heterocycles. The number of hydrogen-bond acceptors (Lipinski definition) is 4. The fourth-order valence-corrected chi connectivity index (χ4v) is 0.973. The maximum Gasteiger partial charge on any atom is 0.280 e. The molecule has 0 radical (unpaired) electrons. The van der Waals surface area contributed by atoms with Crippen LogP contribution in [0.1, 0.15) is 17.8 Å². The van der Waals surface area contributed by atoms with Crippen LogP contribution >= 0.6 is 0 Å². The van der Waals surface area contributed by atoms with Crippen molar-refractivity contribution < 1.29 is 8.78 Å². The zero-order valence-corrected chi connectivity index (χ0v) is 7.17. The van der Waals surface area contributed by atoms with Crippen LogP contribution in [0.4, 0.5) is 20.2 Å². The van der Waals surface area contributed by atoms with Gasteiger partial charge >= 0.3 is 0 Å². The molecule has 0 bridgehead atoms. The Balaban J connectivity index is 3.22. The van der Waals surface area contributed by atoms with E-state index in [4.69, 9.17) is 16.7 Å². The highest BCUT2D eigenvalue weighted by molar-refractivity contribution is 5.66. The highest BCUT2D eigenvalue weighted by Gasteiger charge is 2.14. The van der Waals surface area contributed by atoms with E-state index in [2.05, 4.69) is 4.98 Å². The van der Waals surface area contributed by atoms with Gasteiger partial charge in [0.05, 0.1) is 29.6 Å². The van der Waals surface area contributed by atoms with Crippen molar-refractivity contribution in [3.8, 4) is 6.07 Å². The summed E-state index contributed by atoms with van der Waals surface area (Å²) in [5.41, 5.74) is 10.6. The van der Waals surface area contributed by atoms with Crippen LogP contribution in [0.2, 0.25) is 0 Å². The standard InChI is InChI=1S/C8H8F2N4/c9-8(10)6-3-4(12)7(13)5(14-6)1-2-11/h3,8H,1,13H2,(H2,12,14). The van der Waals surface area contributed by atoms with Crippen molar-refractivity contribution >= 4 is 11.4 Å². The Hall–Kier alpha value is -1.90. The second-order valence-corrected chi connectivity index (χ2v) is 2.63. The molecule has 0 saturated heterocycles. The molecule has 0 aromatic carbocycles. The van der Waals surface area contributed by atoms with E-state index in [9.17, 15) is 8.78 Å². The first kappa shape index (κ1) is 10.2. The number of nitriles is 1. The van der Waals surface area contributed by atoms with E-state index in [1.54, 1.807) is 6.07 Å². The lowest BCUT2D eigenvalue weighted by Gasteiger charge is -2.07. The molecule has 0 atom stereocenters. The topological polar surface area (TPSA) is 88.7 Å². The van der Waals surface area contributed by atoms with Crippen LogP contribution in [0.5, 0.6) is 0 Å². The largest absolute Gasteiger partial charge is 0.397 e. The summed E-state index contributed by atoms with van der Waals surface area (Å²) in [4.78, 5) is 3.54. The van der Waals surface area contributed by atoms with E-state index in [0.29, 0.717) is 0 Å². The van der Waals surface area contributed by atoms with Crippen LogP contribution in [-0.2, 0) is 6.42 Å². The second kappa shape index (κ2) is 3.87. The second-order valence-electron chi connectivity index (χ2n) is 2.63. The van der Waals surface area contributed by atoms with E-state index in [0.717, 1.165) is 6.07 Å². The number of aromatic nitrogens is 1. The number of halogens is 2. The molecule has 0 saturated carbocycles. The molecule has 0 fully saturated rings. The Morgan fingerprint density at radius 2 is 2.14 bits per heavy atom. The molecule has 0 unspecified atom stereocenters. The van der Waals surface area contributed by atoms with Gasteiger partial charge in [-0.3, -0.25) is 0 Å². The van der Waals surface area contributed by atoms with E-state index < -0.39 is 12.1 Å². The highest BCUT2D eigenvalue weighted by atomic mass is 19.3. The predicted octanol–water partition coefficient (Wildman–Crippen LogP) is 1.25. The van der Waals surface area contributed by atoms with Gasteiger partial charge in [-0.1, -0.05) is 0 Å². The molecule has 74 valence electrons. The summed E-state index contributed by atoms with van der Waals surface area (Å²) >= 11 is 0. The molecule has 0 aliphatic rings. The third-order valence-electron chi connectivity index (χ3n) is 1.66. The molecule has 6 heteroatoms. The van der Waals surface area contributed by atoms with Gasteiger partial charge < -0.3 is 11.5 Å². The van der Waals surface area contributed by atoms with Crippen LogP contribution < -0.4 is 11.5 Å². The van der Waals surface area contributed by atoms with Crippen molar-refractivity contribution in [1.29, 1.82) is 5.26 Å². The van der Waals surface area contributed by atoms with E-state index in [1.807, 2.05) is 0 Å². The molecular weight excluding hydrogens is 190 g/mol. The van der Waals surface area contributed by atoms with Gasteiger partial charge in [0.2, 0.25) is 0 Å². The Morgan fingerprint density at radius 1 is 1.50 bits per heavy atom. The minimum Gasteiger partial charge on any atom is -0.397 e. The maximum atomic E-state index is 12.3. The minimum absolute atomic E-state index is 0.0283. The van der Waals surface area contributed by atoms with Gasteiger partial charge in [-0.2, -0.15) is 5.26 Å². The Morgan fingerprint density at radius 3 is 2.64 bits per heavy atom.